The van der Waals surface area contributed by atoms with E-state index in [4.69, 9.17) is 4.74 Å². The van der Waals surface area contributed by atoms with Crippen molar-refractivity contribution in [2.24, 2.45) is 0 Å². The lowest BCUT2D eigenvalue weighted by Gasteiger charge is -2.34. The van der Waals surface area contributed by atoms with Gasteiger partial charge in [0.1, 0.15) is 6.61 Å². The van der Waals surface area contributed by atoms with E-state index in [-0.39, 0.29) is 5.75 Å². The monoisotopic (exact) mass is 442 g/mol. The maximum absolute atomic E-state index is 14.6. The number of nitrogens with zero attached hydrogens (tertiary/aromatic N) is 3. The molecule has 4 aromatic rings. The molecule has 6 heteroatoms. The quantitative estimate of drug-likeness (QED) is 0.445. The number of halogens is 1. The summed E-state index contributed by atoms with van der Waals surface area (Å²) >= 11 is 0. The summed E-state index contributed by atoms with van der Waals surface area (Å²) in [4.78, 5) is 4.76. The minimum absolute atomic E-state index is 0.234. The third-order valence-corrected chi connectivity index (χ3v) is 6.09. The van der Waals surface area contributed by atoms with Gasteiger partial charge in [0.2, 0.25) is 0 Å². The highest BCUT2D eigenvalue weighted by atomic mass is 19.1. The van der Waals surface area contributed by atoms with Crippen LogP contribution in [0, 0.1) is 5.82 Å². The maximum Gasteiger partial charge on any atom is 0.165 e. The van der Waals surface area contributed by atoms with Crippen LogP contribution in [0.1, 0.15) is 5.56 Å². The number of piperazine rings is 1. The average Bonchev–Trinajstić information content (AvgIpc) is 3.35. The number of ether oxygens (including phenoxy) is 1. The van der Waals surface area contributed by atoms with Crippen LogP contribution in [0.15, 0.2) is 78.9 Å². The fraction of sp³-hybridized carbons (Fsp3) is 0.222. The van der Waals surface area contributed by atoms with Crippen molar-refractivity contribution in [3.05, 3.63) is 90.2 Å². The first kappa shape index (κ1) is 21.2. The Morgan fingerprint density at radius 2 is 1.61 bits per heavy atom. The Labute approximate surface area is 193 Å². The second-order valence-corrected chi connectivity index (χ2v) is 8.42. The second-order valence-electron chi connectivity index (χ2n) is 8.42. The highest BCUT2D eigenvalue weighted by molar-refractivity contribution is 5.70. The Bertz CT molecular complexity index is 1200. The molecule has 1 N–H and O–H groups in total. The molecule has 1 fully saturated rings. The molecule has 0 aliphatic carbocycles. The zero-order chi connectivity index (χ0) is 22.6. The normalized spacial score (nSPS) is 14.4. The van der Waals surface area contributed by atoms with Crippen LogP contribution in [-0.4, -0.2) is 48.3 Å². The second kappa shape index (κ2) is 9.46. The number of hydrogen-bond acceptors (Lipinski definition) is 4. The van der Waals surface area contributed by atoms with E-state index in [0.717, 1.165) is 43.0 Å². The summed E-state index contributed by atoms with van der Waals surface area (Å²) < 4.78 is 20.3. The van der Waals surface area contributed by atoms with Gasteiger partial charge in [0.15, 0.2) is 11.6 Å². The highest BCUT2D eigenvalue weighted by Crippen LogP contribution is 2.29. The predicted octanol–water partition coefficient (Wildman–Crippen LogP) is 5.21. The summed E-state index contributed by atoms with van der Waals surface area (Å²) in [6, 6.07) is 25.1. The Morgan fingerprint density at radius 1 is 0.879 bits per heavy atom. The molecule has 0 unspecified atom stereocenters. The molecule has 5 nitrogen and oxygen atoms in total. The van der Waals surface area contributed by atoms with Gasteiger partial charge in [0.25, 0.3) is 0 Å². The van der Waals surface area contributed by atoms with Crippen LogP contribution in [0.2, 0.25) is 0 Å². The zero-order valence-electron chi connectivity index (χ0n) is 18.7. The van der Waals surface area contributed by atoms with Crippen molar-refractivity contribution < 1.29 is 9.13 Å². The van der Waals surface area contributed by atoms with Gasteiger partial charge < -0.3 is 14.5 Å². The average molecular weight is 443 g/mol. The molecule has 1 aromatic heterocycles. The molecule has 168 valence electrons. The molecule has 0 saturated carbocycles. The smallest absolute Gasteiger partial charge is 0.165 e. The molecular formula is C27H27FN4O. The van der Waals surface area contributed by atoms with Crippen LogP contribution < -0.4 is 9.64 Å². The van der Waals surface area contributed by atoms with Gasteiger partial charge in [-0.15, -0.1) is 0 Å². The van der Waals surface area contributed by atoms with Gasteiger partial charge in [-0.05, 0) is 54.6 Å². The zero-order valence-corrected chi connectivity index (χ0v) is 18.7. The predicted molar refractivity (Wildman–Crippen MR) is 130 cm³/mol. The van der Waals surface area contributed by atoms with Crippen LogP contribution in [0.5, 0.6) is 5.75 Å². The summed E-state index contributed by atoms with van der Waals surface area (Å²) in [6.07, 6.45) is 0. The molecule has 2 heterocycles. The molecule has 33 heavy (non-hydrogen) atoms. The summed E-state index contributed by atoms with van der Waals surface area (Å²) in [5.41, 5.74) is 5.59. The van der Waals surface area contributed by atoms with E-state index in [1.807, 2.05) is 42.5 Å². The molecule has 0 atom stereocenters. The van der Waals surface area contributed by atoms with Gasteiger partial charge in [-0.25, -0.2) is 4.39 Å². The Balaban J connectivity index is 1.27. The van der Waals surface area contributed by atoms with Gasteiger partial charge >= 0.3 is 0 Å². The Morgan fingerprint density at radius 3 is 2.33 bits per heavy atom. The molecule has 0 radical (unpaired) electrons. The van der Waals surface area contributed by atoms with Gasteiger partial charge in [-0.2, -0.15) is 5.10 Å². The maximum atomic E-state index is 14.6. The van der Waals surface area contributed by atoms with Crippen molar-refractivity contribution >= 4 is 5.69 Å². The van der Waals surface area contributed by atoms with E-state index in [9.17, 15) is 4.39 Å². The van der Waals surface area contributed by atoms with Gasteiger partial charge in [-0.3, -0.25) is 5.10 Å². The molecule has 1 aliphatic heterocycles. The first-order chi connectivity index (χ1) is 16.2. The lowest BCUT2D eigenvalue weighted by molar-refractivity contribution is 0.290. The van der Waals surface area contributed by atoms with Crippen molar-refractivity contribution in [3.63, 3.8) is 0 Å². The lowest BCUT2D eigenvalue weighted by atomic mass is 10.1. The minimum Gasteiger partial charge on any atom is -0.486 e. The van der Waals surface area contributed by atoms with Crippen LogP contribution >= 0.6 is 0 Å². The van der Waals surface area contributed by atoms with Gasteiger partial charge in [-0.1, -0.05) is 42.5 Å². The fourth-order valence-electron chi connectivity index (χ4n) is 4.05. The molecule has 0 spiro atoms. The summed E-state index contributed by atoms with van der Waals surface area (Å²) in [5.74, 6) is -0.164. The molecule has 0 amide bonds. The van der Waals surface area contributed by atoms with Crippen molar-refractivity contribution in [2.75, 3.05) is 38.1 Å². The topological polar surface area (TPSA) is 44.4 Å². The van der Waals surface area contributed by atoms with E-state index in [1.54, 1.807) is 6.07 Å². The van der Waals surface area contributed by atoms with Crippen LogP contribution in [0.3, 0.4) is 0 Å². The minimum atomic E-state index is -0.399. The highest BCUT2D eigenvalue weighted by Gasteiger charge is 2.15. The van der Waals surface area contributed by atoms with Crippen molar-refractivity contribution in [2.45, 2.75) is 6.61 Å². The number of likely N-dealkylation sites (N-methyl/N-ethyl adjacent to an activating group) is 1. The number of aromatic amines is 1. The van der Waals surface area contributed by atoms with Crippen molar-refractivity contribution in [3.8, 4) is 28.3 Å². The third kappa shape index (κ3) is 4.91. The van der Waals surface area contributed by atoms with E-state index in [2.05, 4.69) is 51.3 Å². The summed E-state index contributed by atoms with van der Waals surface area (Å²) in [6.45, 7) is 4.58. The SMILES string of the molecule is CN1CCN(c2ccc(-c3cc(-c4ccc(OCc5ccccc5)c(F)c4)n[nH]3)cc2)CC1. The molecule has 1 saturated heterocycles. The fourth-order valence-corrected chi connectivity index (χ4v) is 4.05. The number of hydrogen-bond donors (Lipinski definition) is 1. The number of benzene rings is 3. The summed E-state index contributed by atoms with van der Waals surface area (Å²) in [5, 5.41) is 7.48. The number of nitrogens with one attached hydrogen (secondary N) is 1. The van der Waals surface area contributed by atoms with E-state index in [1.165, 1.54) is 11.8 Å². The van der Waals surface area contributed by atoms with E-state index in [0.29, 0.717) is 17.9 Å². The molecule has 5 rings (SSSR count). The van der Waals surface area contributed by atoms with Crippen LogP contribution in [0.25, 0.3) is 22.5 Å². The van der Waals surface area contributed by atoms with Crippen molar-refractivity contribution in [1.29, 1.82) is 0 Å². The van der Waals surface area contributed by atoms with Gasteiger partial charge in [0, 0.05) is 37.4 Å². The Hall–Kier alpha value is -3.64. The van der Waals surface area contributed by atoms with Crippen LogP contribution in [-0.2, 0) is 6.61 Å². The first-order valence-electron chi connectivity index (χ1n) is 11.2. The van der Waals surface area contributed by atoms with E-state index >= 15 is 0 Å². The molecule has 0 bridgehead atoms. The summed E-state index contributed by atoms with van der Waals surface area (Å²) in [7, 11) is 2.16. The van der Waals surface area contributed by atoms with E-state index < -0.39 is 5.82 Å². The molecular weight excluding hydrogens is 415 g/mol. The third-order valence-electron chi connectivity index (χ3n) is 6.09. The number of rotatable bonds is 6. The first-order valence-corrected chi connectivity index (χ1v) is 11.2. The lowest BCUT2D eigenvalue weighted by Crippen LogP contribution is -2.44. The standard InChI is InChI=1S/C27H27FN4O/c1-31-13-15-32(16-14-31)23-10-7-21(8-11-23)25-18-26(30-29-25)22-9-12-27(24(28)17-22)33-19-20-5-3-2-4-6-20/h2-12,17-18H,13-16,19H2,1H3,(H,29,30). The van der Waals surface area contributed by atoms with Crippen molar-refractivity contribution in [1.82, 2.24) is 15.1 Å². The number of aromatic nitrogens is 2. The largest absolute Gasteiger partial charge is 0.486 e. The number of anilines is 1. The molecule has 1 aliphatic rings. The number of H-pyrrole nitrogens is 1. The van der Waals surface area contributed by atoms with Gasteiger partial charge in [0.05, 0.1) is 11.4 Å². The van der Waals surface area contributed by atoms with Crippen LogP contribution in [0.4, 0.5) is 10.1 Å². The Kier molecular flexibility index (Phi) is 6.09. The molecule has 3 aromatic carbocycles.